The number of benzene rings is 1. The van der Waals surface area contributed by atoms with Crippen molar-refractivity contribution >= 4 is 11.9 Å². The Labute approximate surface area is 124 Å². The molecule has 0 spiro atoms. The van der Waals surface area contributed by atoms with Crippen molar-refractivity contribution in [1.82, 2.24) is 10.6 Å². The summed E-state index contributed by atoms with van der Waals surface area (Å²) in [4.78, 5) is 22.9. The summed E-state index contributed by atoms with van der Waals surface area (Å²) in [6.45, 7) is 4.28. The molecule has 21 heavy (non-hydrogen) atoms. The third-order valence-electron chi connectivity index (χ3n) is 2.94. The van der Waals surface area contributed by atoms with Crippen molar-refractivity contribution in [1.29, 1.82) is 0 Å². The fourth-order valence-electron chi connectivity index (χ4n) is 2.02. The molecule has 0 aliphatic rings. The first-order valence-corrected chi connectivity index (χ1v) is 6.96. The second-order valence-electron chi connectivity index (χ2n) is 5.36. The molecule has 1 aromatic carbocycles. The highest BCUT2D eigenvalue weighted by molar-refractivity contribution is 5.86. The summed E-state index contributed by atoms with van der Waals surface area (Å²) in [5, 5.41) is 5.17. The first-order valence-electron chi connectivity index (χ1n) is 6.96. The Kier molecular flexibility index (Phi) is 6.65. The van der Waals surface area contributed by atoms with E-state index in [1.807, 2.05) is 13.8 Å². The lowest BCUT2D eigenvalue weighted by Crippen LogP contribution is -2.49. The van der Waals surface area contributed by atoms with Gasteiger partial charge in [0, 0.05) is 6.54 Å². The normalized spacial score (nSPS) is 12.0. The molecule has 0 radical (unpaired) electrons. The molecule has 0 aliphatic carbocycles. The molecule has 0 heterocycles. The number of urea groups is 1. The number of nitrogens with one attached hydrogen (secondary N) is 2. The van der Waals surface area contributed by atoms with Crippen LogP contribution in [0, 0.1) is 11.7 Å². The largest absolute Gasteiger partial charge is 0.354 e. The summed E-state index contributed by atoms with van der Waals surface area (Å²) in [7, 11) is 0. The summed E-state index contributed by atoms with van der Waals surface area (Å²) < 4.78 is 13.0. The topological polar surface area (TPSA) is 84.2 Å². The zero-order valence-electron chi connectivity index (χ0n) is 12.4. The van der Waals surface area contributed by atoms with E-state index in [4.69, 9.17) is 5.73 Å². The smallest absolute Gasteiger partial charge is 0.312 e. The van der Waals surface area contributed by atoms with Gasteiger partial charge in [-0.2, -0.15) is 0 Å². The predicted molar refractivity (Wildman–Crippen MR) is 79.1 cm³/mol. The van der Waals surface area contributed by atoms with Crippen LogP contribution in [-0.2, 0) is 11.2 Å². The fourth-order valence-corrected chi connectivity index (χ4v) is 2.02. The minimum absolute atomic E-state index is 0.246. The lowest BCUT2D eigenvalue weighted by molar-refractivity contribution is -0.123. The molecule has 0 aromatic heterocycles. The van der Waals surface area contributed by atoms with Crippen LogP contribution in [-0.4, -0.2) is 24.5 Å². The Hall–Kier alpha value is -2.11. The zero-order valence-corrected chi connectivity index (χ0v) is 12.4. The Morgan fingerprint density at radius 2 is 2.05 bits per heavy atom. The molecule has 1 atom stereocenters. The minimum Gasteiger partial charge on any atom is -0.354 e. The van der Waals surface area contributed by atoms with E-state index in [0.29, 0.717) is 19.4 Å². The second-order valence-corrected chi connectivity index (χ2v) is 5.36. The Bertz CT molecular complexity index is 492. The lowest BCUT2D eigenvalue weighted by Gasteiger charge is -2.19. The molecule has 1 aromatic rings. The summed E-state index contributed by atoms with van der Waals surface area (Å²) in [6, 6.07) is 4.86. The van der Waals surface area contributed by atoms with Crippen LogP contribution in [0.4, 0.5) is 9.18 Å². The third-order valence-corrected chi connectivity index (χ3v) is 2.94. The standard InChI is InChI=1S/C15H22FN3O2/c1-10(2)8-13(19-15(17)21)14(20)18-7-6-11-4-3-5-12(16)9-11/h3-5,9-10,13H,6-8H2,1-2H3,(H,18,20)(H3,17,19,21). The van der Waals surface area contributed by atoms with E-state index in [2.05, 4.69) is 10.6 Å². The van der Waals surface area contributed by atoms with Crippen LogP contribution < -0.4 is 16.4 Å². The molecule has 3 amide bonds. The van der Waals surface area contributed by atoms with E-state index >= 15 is 0 Å². The molecule has 116 valence electrons. The molecule has 4 N–H and O–H groups in total. The second kappa shape index (κ2) is 8.24. The van der Waals surface area contributed by atoms with E-state index in [1.165, 1.54) is 12.1 Å². The fraction of sp³-hybridized carbons (Fsp3) is 0.467. The molecular weight excluding hydrogens is 273 g/mol. The van der Waals surface area contributed by atoms with Crippen LogP contribution >= 0.6 is 0 Å². The first kappa shape index (κ1) is 16.9. The average molecular weight is 295 g/mol. The SMILES string of the molecule is CC(C)CC(NC(N)=O)C(=O)NCCc1cccc(F)c1. The van der Waals surface area contributed by atoms with Gasteiger partial charge in [-0.15, -0.1) is 0 Å². The van der Waals surface area contributed by atoms with Crippen LogP contribution in [0.5, 0.6) is 0 Å². The Morgan fingerprint density at radius 3 is 2.62 bits per heavy atom. The Morgan fingerprint density at radius 1 is 1.33 bits per heavy atom. The van der Waals surface area contributed by atoms with E-state index in [9.17, 15) is 14.0 Å². The van der Waals surface area contributed by atoms with Gasteiger partial charge >= 0.3 is 6.03 Å². The number of hydrogen-bond acceptors (Lipinski definition) is 2. The van der Waals surface area contributed by atoms with Crippen molar-refractivity contribution in [2.45, 2.75) is 32.7 Å². The maximum Gasteiger partial charge on any atom is 0.312 e. The van der Waals surface area contributed by atoms with Crippen LogP contribution in [0.1, 0.15) is 25.8 Å². The van der Waals surface area contributed by atoms with E-state index < -0.39 is 12.1 Å². The van der Waals surface area contributed by atoms with Crippen LogP contribution in [0.15, 0.2) is 24.3 Å². The van der Waals surface area contributed by atoms with Crippen LogP contribution in [0.2, 0.25) is 0 Å². The van der Waals surface area contributed by atoms with Gasteiger partial charge < -0.3 is 16.4 Å². The molecule has 1 unspecified atom stereocenters. The average Bonchev–Trinajstić information content (AvgIpc) is 2.36. The number of carbonyl (C=O) groups excluding carboxylic acids is 2. The highest BCUT2D eigenvalue weighted by atomic mass is 19.1. The number of halogens is 1. The Balaban J connectivity index is 2.47. The van der Waals surface area contributed by atoms with Gasteiger partial charge in [0.2, 0.25) is 5.91 Å². The number of primary amides is 1. The van der Waals surface area contributed by atoms with Gasteiger partial charge in [0.25, 0.3) is 0 Å². The molecule has 6 heteroatoms. The van der Waals surface area contributed by atoms with Gasteiger partial charge in [-0.25, -0.2) is 9.18 Å². The molecule has 0 fully saturated rings. The summed E-state index contributed by atoms with van der Waals surface area (Å²) >= 11 is 0. The minimum atomic E-state index is -0.721. The van der Waals surface area contributed by atoms with Crippen molar-refractivity contribution in [3.63, 3.8) is 0 Å². The molecule has 0 bridgehead atoms. The van der Waals surface area contributed by atoms with Gasteiger partial charge in [0.15, 0.2) is 0 Å². The van der Waals surface area contributed by atoms with Gasteiger partial charge in [0.1, 0.15) is 11.9 Å². The zero-order chi connectivity index (χ0) is 15.8. The van der Waals surface area contributed by atoms with Crippen molar-refractivity contribution in [3.05, 3.63) is 35.6 Å². The highest BCUT2D eigenvalue weighted by Gasteiger charge is 2.20. The van der Waals surface area contributed by atoms with E-state index in [0.717, 1.165) is 5.56 Å². The summed E-state index contributed by atoms with van der Waals surface area (Å²) in [5.41, 5.74) is 5.88. The quantitative estimate of drug-likeness (QED) is 0.713. The van der Waals surface area contributed by atoms with Crippen molar-refractivity contribution < 1.29 is 14.0 Å². The van der Waals surface area contributed by atoms with Crippen molar-refractivity contribution in [2.24, 2.45) is 11.7 Å². The van der Waals surface area contributed by atoms with Gasteiger partial charge in [-0.05, 0) is 36.5 Å². The third kappa shape index (κ3) is 6.74. The highest BCUT2D eigenvalue weighted by Crippen LogP contribution is 2.06. The maximum atomic E-state index is 13.0. The number of nitrogens with two attached hydrogens (primary N) is 1. The molecular formula is C15H22FN3O2. The monoisotopic (exact) mass is 295 g/mol. The first-order chi connectivity index (χ1) is 9.88. The molecule has 0 saturated heterocycles. The molecule has 0 saturated carbocycles. The van der Waals surface area contributed by atoms with Gasteiger partial charge in [-0.1, -0.05) is 26.0 Å². The lowest BCUT2D eigenvalue weighted by atomic mass is 10.0. The van der Waals surface area contributed by atoms with Gasteiger partial charge in [0.05, 0.1) is 0 Å². The van der Waals surface area contributed by atoms with Crippen molar-refractivity contribution in [3.8, 4) is 0 Å². The van der Waals surface area contributed by atoms with Gasteiger partial charge in [-0.3, -0.25) is 4.79 Å². The van der Waals surface area contributed by atoms with Crippen LogP contribution in [0.25, 0.3) is 0 Å². The van der Waals surface area contributed by atoms with Crippen LogP contribution in [0.3, 0.4) is 0 Å². The van der Waals surface area contributed by atoms with E-state index in [1.54, 1.807) is 12.1 Å². The molecule has 5 nitrogen and oxygen atoms in total. The predicted octanol–water partition coefficient (Wildman–Crippen LogP) is 1.57. The molecule has 0 aliphatic heterocycles. The maximum absolute atomic E-state index is 13.0. The number of amides is 3. The number of rotatable bonds is 7. The van der Waals surface area contributed by atoms with Crippen molar-refractivity contribution in [2.75, 3.05) is 6.54 Å². The summed E-state index contributed by atoms with van der Waals surface area (Å²) in [5.74, 6) is -0.332. The van der Waals surface area contributed by atoms with E-state index in [-0.39, 0.29) is 17.6 Å². The number of carbonyl (C=O) groups is 2. The molecule has 1 rings (SSSR count). The summed E-state index contributed by atoms with van der Waals surface area (Å²) in [6.07, 6.45) is 1.03. The number of hydrogen-bond donors (Lipinski definition) is 3.